The molecule has 1 amide bonds. The monoisotopic (exact) mass is 435 g/mol. The summed E-state index contributed by atoms with van der Waals surface area (Å²) in [6, 6.07) is 9.76. The molecule has 2 aromatic carbocycles. The van der Waals surface area contributed by atoms with Crippen LogP contribution in [0.1, 0.15) is 18.4 Å². The van der Waals surface area contributed by atoms with Crippen LogP contribution in [0.4, 0.5) is 14.5 Å². The Bertz CT molecular complexity index is 1200. The quantitative estimate of drug-likeness (QED) is 0.779. The van der Waals surface area contributed by atoms with Gasteiger partial charge >= 0.3 is 6.29 Å². The SMILES string of the molecule is O=C(Nc1ccc2c(c1)OC(F)(F)O2)[C@@H]1CCCN1C1=NS(=O)(=O)c2ccccc21. The fourth-order valence-corrected chi connectivity index (χ4v) is 5.06. The van der Waals surface area contributed by atoms with Crippen molar-refractivity contribution < 1.29 is 31.5 Å². The van der Waals surface area contributed by atoms with Crippen molar-refractivity contribution in [3.05, 3.63) is 48.0 Å². The maximum absolute atomic E-state index is 13.2. The number of rotatable bonds is 2. The van der Waals surface area contributed by atoms with Gasteiger partial charge in [0.1, 0.15) is 10.9 Å². The van der Waals surface area contributed by atoms with Gasteiger partial charge in [-0.2, -0.15) is 8.42 Å². The minimum atomic E-state index is -3.80. The number of nitrogens with zero attached hydrogens (tertiary/aromatic N) is 2. The predicted molar refractivity (Wildman–Crippen MR) is 101 cm³/mol. The third-order valence-corrected chi connectivity index (χ3v) is 6.43. The number of hydrogen-bond donors (Lipinski definition) is 1. The highest BCUT2D eigenvalue weighted by Crippen LogP contribution is 2.42. The molecule has 1 atom stereocenters. The molecule has 1 N–H and O–H groups in total. The van der Waals surface area contributed by atoms with Gasteiger partial charge < -0.3 is 19.7 Å². The molecule has 0 aromatic heterocycles. The molecule has 0 aliphatic carbocycles. The number of amidine groups is 1. The molecule has 11 heteroatoms. The Morgan fingerprint density at radius 1 is 1.17 bits per heavy atom. The number of carbonyl (C=O) groups excluding carboxylic acids is 1. The largest absolute Gasteiger partial charge is 0.586 e. The first kappa shape index (κ1) is 18.8. The predicted octanol–water partition coefficient (Wildman–Crippen LogP) is 2.56. The lowest BCUT2D eigenvalue weighted by Gasteiger charge is -2.25. The van der Waals surface area contributed by atoms with E-state index in [4.69, 9.17) is 0 Å². The van der Waals surface area contributed by atoms with Crippen molar-refractivity contribution in [2.45, 2.75) is 30.1 Å². The summed E-state index contributed by atoms with van der Waals surface area (Å²) in [6.07, 6.45) is -2.57. The molecule has 0 radical (unpaired) electrons. The Labute approximate surface area is 170 Å². The van der Waals surface area contributed by atoms with Gasteiger partial charge in [0.05, 0.1) is 0 Å². The van der Waals surface area contributed by atoms with Crippen LogP contribution in [0, 0.1) is 0 Å². The second-order valence-electron chi connectivity index (χ2n) is 7.06. The second kappa shape index (κ2) is 6.39. The summed E-state index contributed by atoms with van der Waals surface area (Å²) in [5.74, 6) is -0.458. The van der Waals surface area contributed by atoms with E-state index in [2.05, 4.69) is 19.2 Å². The summed E-state index contributed by atoms with van der Waals surface area (Å²) in [7, 11) is -3.80. The molecule has 0 spiro atoms. The maximum Gasteiger partial charge on any atom is 0.586 e. The molecule has 1 fully saturated rings. The van der Waals surface area contributed by atoms with E-state index in [0.717, 1.165) is 0 Å². The summed E-state index contributed by atoms with van der Waals surface area (Å²) in [5.41, 5.74) is 0.718. The zero-order chi connectivity index (χ0) is 21.1. The number of nitrogens with one attached hydrogen (secondary N) is 1. The number of carbonyl (C=O) groups is 1. The lowest BCUT2D eigenvalue weighted by Crippen LogP contribution is -2.43. The van der Waals surface area contributed by atoms with E-state index >= 15 is 0 Å². The van der Waals surface area contributed by atoms with Gasteiger partial charge in [0.15, 0.2) is 17.3 Å². The number of sulfonamides is 1. The Hall–Kier alpha value is -3.21. The molecule has 3 aliphatic heterocycles. The van der Waals surface area contributed by atoms with E-state index in [0.29, 0.717) is 24.9 Å². The molecule has 3 aliphatic rings. The molecule has 1 saturated heterocycles. The fraction of sp³-hybridized carbons (Fsp3) is 0.263. The molecule has 0 saturated carbocycles. The number of benzene rings is 2. The summed E-state index contributed by atoms with van der Waals surface area (Å²) in [6.45, 7) is 0.466. The summed E-state index contributed by atoms with van der Waals surface area (Å²) >= 11 is 0. The van der Waals surface area contributed by atoms with Crippen molar-refractivity contribution in [2.24, 2.45) is 4.40 Å². The Morgan fingerprint density at radius 2 is 1.93 bits per heavy atom. The molecule has 30 heavy (non-hydrogen) atoms. The molecule has 8 nitrogen and oxygen atoms in total. The number of ether oxygens (including phenoxy) is 2. The number of amides is 1. The highest BCUT2D eigenvalue weighted by molar-refractivity contribution is 7.90. The summed E-state index contributed by atoms with van der Waals surface area (Å²) in [5, 5.41) is 2.67. The number of anilines is 1. The van der Waals surface area contributed by atoms with E-state index in [1.807, 2.05) is 0 Å². The smallest absolute Gasteiger partial charge is 0.395 e. The zero-order valence-electron chi connectivity index (χ0n) is 15.3. The molecule has 3 heterocycles. The van der Waals surface area contributed by atoms with Crippen molar-refractivity contribution in [1.82, 2.24) is 4.90 Å². The van der Waals surface area contributed by atoms with Crippen LogP contribution >= 0.6 is 0 Å². The first-order valence-electron chi connectivity index (χ1n) is 9.15. The van der Waals surface area contributed by atoms with Crippen LogP contribution < -0.4 is 14.8 Å². The molecule has 156 valence electrons. The van der Waals surface area contributed by atoms with Gasteiger partial charge in [0.25, 0.3) is 10.0 Å². The lowest BCUT2D eigenvalue weighted by molar-refractivity contribution is -0.286. The zero-order valence-corrected chi connectivity index (χ0v) is 16.2. The van der Waals surface area contributed by atoms with Crippen LogP contribution in [0.15, 0.2) is 51.8 Å². The highest BCUT2D eigenvalue weighted by atomic mass is 32.2. The van der Waals surface area contributed by atoms with Gasteiger partial charge in [-0.1, -0.05) is 12.1 Å². The Morgan fingerprint density at radius 3 is 2.77 bits per heavy atom. The lowest BCUT2D eigenvalue weighted by atomic mass is 10.1. The van der Waals surface area contributed by atoms with E-state index in [1.165, 1.54) is 24.3 Å². The van der Waals surface area contributed by atoms with Crippen LogP contribution in [-0.2, 0) is 14.8 Å². The van der Waals surface area contributed by atoms with Gasteiger partial charge in [0.2, 0.25) is 5.91 Å². The fourth-order valence-electron chi connectivity index (χ4n) is 3.84. The minimum absolute atomic E-state index is 0.114. The minimum Gasteiger partial charge on any atom is -0.395 e. The molecular formula is C19H15F2N3O5S. The van der Waals surface area contributed by atoms with Gasteiger partial charge in [-0.05, 0) is 37.1 Å². The number of fused-ring (bicyclic) bond motifs is 2. The number of hydrogen-bond acceptors (Lipinski definition) is 6. The van der Waals surface area contributed by atoms with Crippen molar-refractivity contribution in [3.8, 4) is 11.5 Å². The number of likely N-dealkylation sites (tertiary alicyclic amines) is 1. The van der Waals surface area contributed by atoms with Crippen molar-refractivity contribution >= 4 is 27.5 Å². The Balaban J connectivity index is 1.39. The van der Waals surface area contributed by atoms with Gasteiger partial charge in [-0.15, -0.1) is 13.2 Å². The third kappa shape index (κ3) is 3.05. The van der Waals surface area contributed by atoms with Crippen molar-refractivity contribution in [1.29, 1.82) is 0 Å². The second-order valence-corrected chi connectivity index (χ2v) is 8.63. The molecular weight excluding hydrogens is 420 g/mol. The summed E-state index contributed by atoms with van der Waals surface area (Å²) in [4.78, 5) is 14.7. The number of alkyl halides is 2. The normalized spacial score (nSPS) is 22.5. The topological polar surface area (TPSA) is 97.3 Å². The van der Waals surface area contributed by atoms with E-state index in [-0.39, 0.29) is 27.9 Å². The van der Waals surface area contributed by atoms with Crippen molar-refractivity contribution in [2.75, 3.05) is 11.9 Å². The molecule has 0 unspecified atom stereocenters. The average Bonchev–Trinajstić information content (AvgIpc) is 3.35. The first-order chi connectivity index (χ1) is 14.2. The number of halogens is 2. The molecule has 2 aromatic rings. The van der Waals surface area contributed by atoms with E-state index in [1.54, 1.807) is 23.1 Å². The third-order valence-electron chi connectivity index (χ3n) is 5.11. The van der Waals surface area contributed by atoms with Gasteiger partial charge in [-0.3, -0.25) is 4.79 Å². The molecule has 0 bridgehead atoms. The van der Waals surface area contributed by atoms with Gasteiger partial charge in [0, 0.05) is 23.9 Å². The van der Waals surface area contributed by atoms with Crippen LogP contribution in [0.5, 0.6) is 11.5 Å². The standard InChI is InChI=1S/C19H15F2N3O5S/c20-19(21)28-14-8-7-11(10-15(14)29-19)22-18(25)13-5-3-9-24(13)17-12-4-1-2-6-16(12)30(26,27)23-17/h1-2,4,6-8,10,13H,3,5,9H2,(H,22,25)/t13-/m0/s1. The van der Waals surface area contributed by atoms with E-state index in [9.17, 15) is 22.0 Å². The van der Waals surface area contributed by atoms with Crippen LogP contribution in [-0.4, -0.2) is 43.9 Å². The van der Waals surface area contributed by atoms with Crippen molar-refractivity contribution in [3.63, 3.8) is 0 Å². The first-order valence-corrected chi connectivity index (χ1v) is 10.6. The van der Waals surface area contributed by atoms with Crippen LogP contribution in [0.25, 0.3) is 0 Å². The highest BCUT2D eigenvalue weighted by Gasteiger charge is 2.44. The van der Waals surface area contributed by atoms with Crippen LogP contribution in [0.2, 0.25) is 0 Å². The van der Waals surface area contributed by atoms with Gasteiger partial charge in [-0.25, -0.2) is 0 Å². The van der Waals surface area contributed by atoms with E-state index < -0.39 is 28.3 Å². The maximum atomic E-state index is 13.2. The Kier molecular flexibility index (Phi) is 4.01. The molecule has 5 rings (SSSR count). The summed E-state index contributed by atoms with van der Waals surface area (Å²) < 4.78 is 63.7. The average molecular weight is 435 g/mol. The van der Waals surface area contributed by atoms with Crippen LogP contribution in [0.3, 0.4) is 0 Å².